The van der Waals surface area contributed by atoms with Crippen molar-refractivity contribution in [2.75, 3.05) is 32.2 Å². The van der Waals surface area contributed by atoms with E-state index in [0.29, 0.717) is 79.8 Å². The van der Waals surface area contributed by atoms with Gasteiger partial charge < -0.3 is 25.0 Å². The average Bonchev–Trinajstić information content (AvgIpc) is 3.31. The number of hydrogen-bond donors (Lipinski definition) is 3. The first kappa shape index (κ1) is 30.9. The van der Waals surface area contributed by atoms with Gasteiger partial charge in [0.05, 0.1) is 18.8 Å². The van der Waals surface area contributed by atoms with E-state index in [1.807, 2.05) is 0 Å². The molecule has 0 spiro atoms. The number of fused-ring (bicyclic) bond motifs is 5. The van der Waals surface area contributed by atoms with Crippen molar-refractivity contribution in [3.05, 3.63) is 0 Å². The Kier molecular flexibility index (Phi) is 9.15. The summed E-state index contributed by atoms with van der Waals surface area (Å²) >= 11 is 6.09. The van der Waals surface area contributed by atoms with E-state index in [-0.39, 0.29) is 41.2 Å². The van der Waals surface area contributed by atoms with E-state index in [1.165, 1.54) is 25.7 Å². The number of amides is 1. The zero-order valence-electron chi connectivity index (χ0n) is 25.5. The second-order valence-corrected chi connectivity index (χ2v) is 15.5. The standard InChI is InChI=1S/C33H56ClNO5/c1-5-23-27-18-22(37)8-11-32(27,4)26-9-12-31(3)24(6-7-25(31)28(26)29(23)38)21(2)10-17-40-30(39)35-15-13-33(19-34,20-36)14-16-35/h21-29,36-38H,5-20H2,1-4H3/t21-,22-,23-,24-,25+,26+,27?,28?,29-,31-,32?/m1/s1. The summed E-state index contributed by atoms with van der Waals surface area (Å²) in [5, 5.41) is 32.2. The van der Waals surface area contributed by atoms with Gasteiger partial charge in [-0.25, -0.2) is 4.79 Å². The summed E-state index contributed by atoms with van der Waals surface area (Å²) < 4.78 is 5.76. The van der Waals surface area contributed by atoms with Gasteiger partial charge in [0, 0.05) is 31.0 Å². The number of piperidine rings is 1. The van der Waals surface area contributed by atoms with Crippen LogP contribution in [0.2, 0.25) is 0 Å². The lowest BCUT2D eigenvalue weighted by Gasteiger charge is -2.64. The van der Waals surface area contributed by atoms with Gasteiger partial charge >= 0.3 is 6.09 Å². The molecule has 230 valence electrons. The Labute approximate surface area is 247 Å². The molecular formula is C33H56ClNO5. The highest BCUT2D eigenvalue weighted by atomic mass is 35.5. The minimum absolute atomic E-state index is 0.0682. The molecule has 1 saturated heterocycles. The largest absolute Gasteiger partial charge is 0.449 e. The summed E-state index contributed by atoms with van der Waals surface area (Å²) in [6, 6.07) is 0. The van der Waals surface area contributed by atoms with Crippen LogP contribution in [0.5, 0.6) is 0 Å². The van der Waals surface area contributed by atoms with Gasteiger partial charge in [-0.05, 0) is 116 Å². The maximum atomic E-state index is 12.8. The molecule has 0 aromatic carbocycles. The van der Waals surface area contributed by atoms with Crippen molar-refractivity contribution in [1.29, 1.82) is 0 Å². The van der Waals surface area contributed by atoms with Crippen molar-refractivity contribution in [2.45, 2.75) is 111 Å². The SMILES string of the molecule is CC[C@@H]1C2C[C@H](O)CCC2(C)[C@H]2CC[C@]3(C)[C@@H]([C@H](C)CCOC(=O)N4CCC(CO)(CCl)CC4)CC[C@H]3C2[C@@H]1O. The van der Waals surface area contributed by atoms with Crippen LogP contribution in [-0.2, 0) is 4.74 Å². The summed E-state index contributed by atoms with van der Waals surface area (Å²) in [5.74, 6) is 3.69. The zero-order chi connectivity index (χ0) is 28.9. The van der Waals surface area contributed by atoms with Crippen molar-refractivity contribution in [3.8, 4) is 0 Å². The van der Waals surface area contributed by atoms with E-state index in [2.05, 4.69) is 27.7 Å². The molecule has 5 rings (SSSR count). The molecule has 5 aliphatic rings. The Morgan fingerprint density at radius 2 is 1.68 bits per heavy atom. The third kappa shape index (κ3) is 5.13. The highest BCUT2D eigenvalue weighted by Crippen LogP contribution is 2.69. The molecule has 40 heavy (non-hydrogen) atoms. The zero-order valence-corrected chi connectivity index (χ0v) is 26.2. The van der Waals surface area contributed by atoms with Crippen molar-refractivity contribution < 1.29 is 24.9 Å². The fourth-order valence-electron chi connectivity index (χ4n) is 11.1. The van der Waals surface area contributed by atoms with Gasteiger partial charge in [0.2, 0.25) is 0 Å². The summed E-state index contributed by atoms with van der Waals surface area (Å²) in [6.45, 7) is 11.3. The molecule has 3 unspecified atom stereocenters. The van der Waals surface area contributed by atoms with Crippen LogP contribution in [0.4, 0.5) is 4.79 Å². The number of carbonyl (C=O) groups is 1. The number of alkyl halides is 1. The smallest absolute Gasteiger partial charge is 0.409 e. The molecule has 0 aromatic heterocycles. The van der Waals surface area contributed by atoms with Crippen LogP contribution in [0.3, 0.4) is 0 Å². The number of rotatable bonds is 7. The Bertz CT molecular complexity index is 888. The molecule has 1 aliphatic heterocycles. The molecule has 6 nitrogen and oxygen atoms in total. The third-order valence-corrected chi connectivity index (χ3v) is 14.2. The average molecular weight is 582 g/mol. The van der Waals surface area contributed by atoms with Crippen LogP contribution in [0, 0.1) is 57.7 Å². The summed E-state index contributed by atoms with van der Waals surface area (Å²) in [6.07, 6.45) is 10.3. The number of carbonyl (C=O) groups excluding carboxylic acids is 1. The van der Waals surface area contributed by atoms with Gasteiger partial charge in [0.15, 0.2) is 0 Å². The van der Waals surface area contributed by atoms with E-state index < -0.39 is 0 Å². The number of nitrogens with zero attached hydrogens (tertiary/aromatic N) is 1. The van der Waals surface area contributed by atoms with E-state index in [4.69, 9.17) is 16.3 Å². The second-order valence-electron chi connectivity index (χ2n) is 15.3. The van der Waals surface area contributed by atoms with Crippen LogP contribution in [0.15, 0.2) is 0 Å². The summed E-state index contributed by atoms with van der Waals surface area (Å²) in [4.78, 5) is 14.5. The van der Waals surface area contributed by atoms with E-state index in [9.17, 15) is 20.1 Å². The first-order valence-corrected chi connectivity index (χ1v) is 17.0. The number of hydrogen-bond acceptors (Lipinski definition) is 5. The van der Waals surface area contributed by atoms with Gasteiger partial charge in [0.1, 0.15) is 0 Å². The first-order valence-electron chi connectivity index (χ1n) is 16.5. The first-order chi connectivity index (χ1) is 19.0. The second kappa shape index (κ2) is 11.8. The third-order valence-electron chi connectivity index (χ3n) is 13.7. The fourth-order valence-corrected chi connectivity index (χ4v) is 11.4. The van der Waals surface area contributed by atoms with Gasteiger partial charge in [-0.3, -0.25) is 0 Å². The van der Waals surface area contributed by atoms with E-state index in [0.717, 1.165) is 32.1 Å². The minimum Gasteiger partial charge on any atom is -0.449 e. The normalized spacial score (nSPS) is 45.2. The highest BCUT2D eigenvalue weighted by molar-refractivity contribution is 6.18. The predicted molar refractivity (Wildman–Crippen MR) is 158 cm³/mol. The molecule has 4 saturated carbocycles. The van der Waals surface area contributed by atoms with Crippen LogP contribution in [0.25, 0.3) is 0 Å². The number of aliphatic hydroxyl groups excluding tert-OH is 3. The molecular weight excluding hydrogens is 526 g/mol. The summed E-state index contributed by atoms with van der Waals surface area (Å²) in [5.41, 5.74) is 0.196. The molecule has 0 bridgehead atoms. The molecule has 1 amide bonds. The number of likely N-dealkylation sites (tertiary alicyclic amines) is 1. The quantitative estimate of drug-likeness (QED) is 0.317. The van der Waals surface area contributed by atoms with Gasteiger partial charge in [-0.2, -0.15) is 0 Å². The monoisotopic (exact) mass is 581 g/mol. The Balaban J connectivity index is 1.20. The van der Waals surface area contributed by atoms with Crippen molar-refractivity contribution in [2.24, 2.45) is 57.7 Å². The lowest BCUT2D eigenvalue weighted by molar-refractivity contribution is -0.203. The van der Waals surface area contributed by atoms with Crippen molar-refractivity contribution in [3.63, 3.8) is 0 Å². The lowest BCUT2D eigenvalue weighted by Crippen LogP contribution is -2.62. The molecule has 0 radical (unpaired) electrons. The predicted octanol–water partition coefficient (Wildman–Crippen LogP) is 6.09. The molecule has 1 heterocycles. The van der Waals surface area contributed by atoms with Crippen LogP contribution in [-0.4, -0.2) is 70.7 Å². The maximum Gasteiger partial charge on any atom is 0.409 e. The maximum absolute atomic E-state index is 12.8. The van der Waals surface area contributed by atoms with Crippen LogP contribution in [0.1, 0.15) is 98.3 Å². The highest BCUT2D eigenvalue weighted by Gasteiger charge is 2.64. The van der Waals surface area contributed by atoms with E-state index in [1.54, 1.807) is 4.90 Å². The molecule has 3 N–H and O–H groups in total. The van der Waals surface area contributed by atoms with Gasteiger partial charge in [0.25, 0.3) is 0 Å². The molecule has 7 heteroatoms. The van der Waals surface area contributed by atoms with Gasteiger partial charge in [-0.15, -0.1) is 11.6 Å². The topological polar surface area (TPSA) is 90.2 Å². The van der Waals surface area contributed by atoms with Crippen LogP contribution >= 0.6 is 11.6 Å². The lowest BCUT2D eigenvalue weighted by atomic mass is 9.41. The van der Waals surface area contributed by atoms with Crippen molar-refractivity contribution >= 4 is 17.7 Å². The number of ether oxygens (including phenoxy) is 1. The fraction of sp³-hybridized carbons (Fsp3) is 0.970. The molecule has 11 atom stereocenters. The van der Waals surface area contributed by atoms with Crippen molar-refractivity contribution in [1.82, 2.24) is 4.90 Å². The minimum atomic E-state index is -0.264. The number of aliphatic hydroxyl groups is 3. The molecule has 4 aliphatic carbocycles. The summed E-state index contributed by atoms with van der Waals surface area (Å²) in [7, 11) is 0. The Morgan fingerprint density at radius 1 is 1.00 bits per heavy atom. The molecule has 5 fully saturated rings. The Morgan fingerprint density at radius 3 is 2.33 bits per heavy atom. The Hall–Kier alpha value is -0.560. The van der Waals surface area contributed by atoms with Crippen LogP contribution < -0.4 is 0 Å². The van der Waals surface area contributed by atoms with Gasteiger partial charge in [-0.1, -0.05) is 34.1 Å². The van der Waals surface area contributed by atoms with E-state index >= 15 is 0 Å². The molecule has 0 aromatic rings. The number of halogens is 1.